The number of rotatable bonds is 3. The Morgan fingerprint density at radius 3 is 2.90 bits per heavy atom. The summed E-state index contributed by atoms with van der Waals surface area (Å²) >= 11 is 1.06. The first-order chi connectivity index (χ1) is 10.0. The van der Waals surface area contributed by atoms with Gasteiger partial charge in [-0.2, -0.15) is 0 Å². The maximum atomic E-state index is 11.9. The van der Waals surface area contributed by atoms with Crippen molar-refractivity contribution in [3.8, 4) is 0 Å². The molecule has 3 rings (SSSR count). The lowest BCUT2D eigenvalue weighted by Crippen LogP contribution is -2.25. The van der Waals surface area contributed by atoms with E-state index in [1.54, 1.807) is 6.07 Å². The smallest absolute Gasteiger partial charge is 0.307 e. The minimum atomic E-state index is -1.01. The normalized spacial score (nSPS) is 17.3. The van der Waals surface area contributed by atoms with Crippen LogP contribution in [0.5, 0.6) is 0 Å². The zero-order chi connectivity index (χ0) is 15.0. The van der Waals surface area contributed by atoms with Crippen molar-refractivity contribution in [2.45, 2.75) is 12.8 Å². The molecule has 1 amide bonds. The molecule has 0 radical (unpaired) electrons. The molecular weight excluding hydrogens is 296 g/mol. The summed E-state index contributed by atoms with van der Waals surface area (Å²) in [6.07, 6.45) is 1.54. The first-order valence-corrected chi connectivity index (χ1v) is 6.97. The molecule has 0 fully saturated rings. The first-order valence-electron chi connectivity index (χ1n) is 6.15. The summed E-state index contributed by atoms with van der Waals surface area (Å²) in [5.41, 5.74) is 0.429. The van der Waals surface area contributed by atoms with Gasteiger partial charge in [0.1, 0.15) is 0 Å². The second-order valence-corrected chi connectivity index (χ2v) is 5.59. The Morgan fingerprint density at radius 1 is 1.43 bits per heavy atom. The molecular formula is C13H10N2O5S. The fourth-order valence-corrected chi connectivity index (χ4v) is 3.06. The van der Waals surface area contributed by atoms with E-state index in [1.165, 1.54) is 12.3 Å². The Labute approximate surface area is 122 Å². The van der Waals surface area contributed by atoms with Crippen LogP contribution in [0, 0.1) is 5.92 Å². The van der Waals surface area contributed by atoms with Crippen LogP contribution < -0.4 is 5.32 Å². The molecule has 1 aliphatic rings. The lowest BCUT2D eigenvalue weighted by atomic mass is 9.90. The monoisotopic (exact) mass is 306 g/mol. The second kappa shape index (κ2) is 5.13. The Hall–Kier alpha value is -2.48. The number of aromatic nitrogens is 1. The number of ketones is 1. The minimum absolute atomic E-state index is 0.0316. The van der Waals surface area contributed by atoms with E-state index in [2.05, 4.69) is 10.3 Å². The van der Waals surface area contributed by atoms with Crippen LogP contribution in [0.25, 0.3) is 0 Å². The third-order valence-electron chi connectivity index (χ3n) is 3.14. The number of nitrogens with zero attached hydrogens (tertiary/aromatic N) is 1. The molecule has 8 heteroatoms. The second-order valence-electron chi connectivity index (χ2n) is 4.59. The number of furan rings is 1. The number of carboxylic acids is 1. The molecule has 0 spiro atoms. The van der Waals surface area contributed by atoms with E-state index in [0.717, 1.165) is 11.3 Å². The van der Waals surface area contributed by atoms with Crippen molar-refractivity contribution >= 4 is 34.1 Å². The van der Waals surface area contributed by atoms with Gasteiger partial charge in [0.05, 0.1) is 22.8 Å². The number of carbonyl (C=O) groups excluding carboxylic acids is 2. The van der Waals surface area contributed by atoms with Crippen LogP contribution in [0.2, 0.25) is 0 Å². The van der Waals surface area contributed by atoms with E-state index in [9.17, 15) is 14.4 Å². The van der Waals surface area contributed by atoms with Crippen LogP contribution in [0.1, 0.15) is 32.3 Å². The molecule has 0 bridgehead atoms. The molecule has 1 aliphatic carbocycles. The summed E-state index contributed by atoms with van der Waals surface area (Å²) in [6, 6.07) is 3.09. The highest BCUT2D eigenvalue weighted by atomic mass is 32.1. The van der Waals surface area contributed by atoms with Crippen LogP contribution in [-0.2, 0) is 11.2 Å². The Morgan fingerprint density at radius 2 is 2.24 bits per heavy atom. The molecule has 1 atom stereocenters. The van der Waals surface area contributed by atoms with E-state index in [-0.39, 0.29) is 29.5 Å². The molecule has 0 aromatic carbocycles. The van der Waals surface area contributed by atoms with Gasteiger partial charge in [-0.1, -0.05) is 11.3 Å². The Balaban J connectivity index is 1.81. The summed E-state index contributed by atoms with van der Waals surface area (Å²) in [4.78, 5) is 39.3. The lowest BCUT2D eigenvalue weighted by Gasteiger charge is -2.15. The van der Waals surface area contributed by atoms with Gasteiger partial charge < -0.3 is 9.52 Å². The molecule has 0 saturated heterocycles. The SMILES string of the molecule is O=C(Nc1nc2c(s1)C(=O)C[C@@H](C(=O)O)C2)c1ccco1. The maximum Gasteiger partial charge on any atom is 0.307 e. The van der Waals surface area contributed by atoms with Crippen molar-refractivity contribution in [2.24, 2.45) is 5.92 Å². The number of carboxylic acid groups (broad SMARTS) is 1. The molecule has 2 aromatic heterocycles. The predicted molar refractivity (Wildman–Crippen MR) is 72.6 cm³/mol. The standard InChI is InChI=1S/C13H10N2O5S/c16-8-5-6(12(18)19)4-7-10(8)21-13(14-7)15-11(17)9-2-1-3-20-9/h1-3,6H,4-5H2,(H,18,19)(H,14,15,17)/t6-/m0/s1. The van der Waals surface area contributed by atoms with Crippen molar-refractivity contribution in [1.82, 2.24) is 4.98 Å². The van der Waals surface area contributed by atoms with Gasteiger partial charge in [0.15, 0.2) is 16.7 Å². The van der Waals surface area contributed by atoms with Gasteiger partial charge in [-0.15, -0.1) is 0 Å². The summed E-state index contributed by atoms with van der Waals surface area (Å²) < 4.78 is 4.96. The maximum absolute atomic E-state index is 11.9. The van der Waals surface area contributed by atoms with Crippen LogP contribution in [-0.4, -0.2) is 27.8 Å². The topological polar surface area (TPSA) is 110 Å². The van der Waals surface area contributed by atoms with Gasteiger partial charge in [-0.3, -0.25) is 19.7 Å². The third kappa shape index (κ3) is 2.57. The summed E-state index contributed by atoms with van der Waals surface area (Å²) in [6.45, 7) is 0. The molecule has 0 unspecified atom stereocenters. The number of hydrogen-bond donors (Lipinski definition) is 2. The highest BCUT2D eigenvalue weighted by molar-refractivity contribution is 7.17. The number of amides is 1. The van der Waals surface area contributed by atoms with Gasteiger partial charge in [0, 0.05) is 12.8 Å². The number of fused-ring (bicyclic) bond motifs is 1. The van der Waals surface area contributed by atoms with Crippen LogP contribution in [0.4, 0.5) is 5.13 Å². The minimum Gasteiger partial charge on any atom is -0.481 e. The molecule has 108 valence electrons. The van der Waals surface area contributed by atoms with Crippen molar-refractivity contribution in [1.29, 1.82) is 0 Å². The zero-order valence-electron chi connectivity index (χ0n) is 10.7. The largest absolute Gasteiger partial charge is 0.481 e. The van der Waals surface area contributed by atoms with E-state index in [4.69, 9.17) is 9.52 Å². The fraction of sp³-hybridized carbons (Fsp3) is 0.231. The predicted octanol–water partition coefficient (Wildman–Crippen LogP) is 1.82. The average molecular weight is 306 g/mol. The highest BCUT2D eigenvalue weighted by Crippen LogP contribution is 2.32. The fourth-order valence-electron chi connectivity index (χ4n) is 2.12. The quantitative estimate of drug-likeness (QED) is 0.895. The zero-order valence-corrected chi connectivity index (χ0v) is 11.5. The van der Waals surface area contributed by atoms with Crippen LogP contribution in [0.3, 0.4) is 0 Å². The summed E-state index contributed by atoms with van der Waals surface area (Å²) in [7, 11) is 0. The van der Waals surface area contributed by atoms with E-state index < -0.39 is 17.8 Å². The van der Waals surface area contributed by atoms with E-state index in [0.29, 0.717) is 10.6 Å². The lowest BCUT2D eigenvalue weighted by molar-refractivity contribution is -0.141. The number of aliphatic carboxylic acids is 1. The van der Waals surface area contributed by atoms with Crippen LogP contribution in [0.15, 0.2) is 22.8 Å². The number of Topliss-reactive ketones (excluding diaryl/α,β-unsaturated/α-hetero) is 1. The first kappa shape index (κ1) is 13.5. The van der Waals surface area contributed by atoms with Crippen molar-refractivity contribution in [3.63, 3.8) is 0 Å². The highest BCUT2D eigenvalue weighted by Gasteiger charge is 2.33. The summed E-state index contributed by atoms with van der Waals surface area (Å²) in [5.74, 6) is -2.34. The summed E-state index contributed by atoms with van der Waals surface area (Å²) in [5, 5.41) is 11.8. The molecule has 0 saturated carbocycles. The number of nitrogens with one attached hydrogen (secondary N) is 1. The van der Waals surface area contributed by atoms with Gasteiger partial charge in [0.25, 0.3) is 5.91 Å². The van der Waals surface area contributed by atoms with Gasteiger partial charge in [-0.25, -0.2) is 4.98 Å². The molecule has 2 heterocycles. The Bertz CT molecular complexity index is 719. The molecule has 0 aliphatic heterocycles. The average Bonchev–Trinajstić information content (AvgIpc) is 3.06. The van der Waals surface area contributed by atoms with Crippen LogP contribution >= 0.6 is 11.3 Å². The van der Waals surface area contributed by atoms with Gasteiger partial charge in [-0.05, 0) is 12.1 Å². The van der Waals surface area contributed by atoms with Crippen molar-refractivity contribution < 1.29 is 23.9 Å². The van der Waals surface area contributed by atoms with Gasteiger partial charge >= 0.3 is 5.97 Å². The Kier molecular flexibility index (Phi) is 3.30. The van der Waals surface area contributed by atoms with Crippen molar-refractivity contribution in [2.75, 3.05) is 5.32 Å². The number of anilines is 1. The van der Waals surface area contributed by atoms with E-state index in [1.807, 2.05) is 0 Å². The number of carbonyl (C=O) groups is 3. The van der Waals surface area contributed by atoms with E-state index >= 15 is 0 Å². The van der Waals surface area contributed by atoms with Crippen molar-refractivity contribution in [3.05, 3.63) is 34.7 Å². The molecule has 7 nitrogen and oxygen atoms in total. The number of thiazole rings is 1. The molecule has 2 aromatic rings. The number of hydrogen-bond acceptors (Lipinski definition) is 6. The third-order valence-corrected chi connectivity index (χ3v) is 4.19. The van der Waals surface area contributed by atoms with Gasteiger partial charge in [0.2, 0.25) is 0 Å². The molecule has 21 heavy (non-hydrogen) atoms. The molecule has 2 N–H and O–H groups in total.